The number of nitrogens with zero attached hydrogens (tertiary/aromatic N) is 1. The third-order valence-electron chi connectivity index (χ3n) is 1.67. The Morgan fingerprint density at radius 2 is 1.89 bits per heavy atom. The smallest absolute Gasteiger partial charge is 0.463 e. The van der Waals surface area contributed by atoms with Crippen LogP contribution in [0, 0.1) is 4.91 Å². The Bertz CT molecular complexity index is 317. The highest BCUT2D eigenvalue weighted by Crippen LogP contribution is 2.15. The fourth-order valence-electron chi connectivity index (χ4n) is 0.961. The van der Waals surface area contributed by atoms with Crippen molar-refractivity contribution in [3.63, 3.8) is 0 Å². The van der Waals surface area contributed by atoms with E-state index in [1.165, 1.54) is 5.32 Å². The Labute approximate surface area is 101 Å². The Morgan fingerprint density at radius 3 is 2.28 bits per heavy atom. The van der Waals surface area contributed by atoms with Gasteiger partial charge in [-0.1, -0.05) is 0 Å². The Morgan fingerprint density at radius 1 is 1.33 bits per heavy atom. The van der Waals surface area contributed by atoms with Crippen molar-refractivity contribution in [2.75, 3.05) is 0 Å². The van der Waals surface area contributed by atoms with E-state index < -0.39 is 24.2 Å². The first-order chi connectivity index (χ1) is 8.16. The van der Waals surface area contributed by atoms with Crippen LogP contribution < -0.4 is 5.32 Å². The molecule has 0 saturated heterocycles. The standard InChI is InChI=1S/C9H13F3N2O4/c1-5(2)18-7(15)4-3-6(14-17)13-8(16)9(10,11)12/h5-6H,3-4H2,1-2H3,(H,13,16). The van der Waals surface area contributed by atoms with E-state index in [4.69, 9.17) is 4.74 Å². The van der Waals surface area contributed by atoms with Gasteiger partial charge in [0.05, 0.1) is 6.10 Å². The van der Waals surface area contributed by atoms with E-state index >= 15 is 0 Å². The average molecular weight is 270 g/mol. The number of halogens is 3. The first-order valence-electron chi connectivity index (χ1n) is 5.06. The molecular formula is C9H13F3N2O4. The Hall–Kier alpha value is -1.67. The van der Waals surface area contributed by atoms with Crippen LogP contribution in [0.5, 0.6) is 0 Å². The molecular weight excluding hydrogens is 257 g/mol. The van der Waals surface area contributed by atoms with Crippen LogP contribution in [0.4, 0.5) is 13.2 Å². The van der Waals surface area contributed by atoms with Crippen molar-refractivity contribution in [1.82, 2.24) is 5.32 Å². The maximum Gasteiger partial charge on any atom is 0.471 e. The lowest BCUT2D eigenvalue weighted by molar-refractivity contribution is -0.174. The predicted octanol–water partition coefficient (Wildman–Crippen LogP) is 1.49. The van der Waals surface area contributed by atoms with Gasteiger partial charge >= 0.3 is 18.1 Å². The summed E-state index contributed by atoms with van der Waals surface area (Å²) in [4.78, 5) is 31.8. The van der Waals surface area contributed by atoms with Gasteiger partial charge in [-0.3, -0.25) is 9.59 Å². The van der Waals surface area contributed by atoms with Crippen LogP contribution in [0.25, 0.3) is 0 Å². The molecule has 1 N–H and O–H groups in total. The van der Waals surface area contributed by atoms with Gasteiger partial charge in [0, 0.05) is 12.8 Å². The molecule has 0 fully saturated rings. The van der Waals surface area contributed by atoms with Gasteiger partial charge in [0.2, 0.25) is 0 Å². The minimum atomic E-state index is -5.10. The summed E-state index contributed by atoms with van der Waals surface area (Å²) < 4.78 is 40.3. The second-order valence-electron chi connectivity index (χ2n) is 3.67. The zero-order valence-corrected chi connectivity index (χ0v) is 9.78. The van der Waals surface area contributed by atoms with Gasteiger partial charge in [-0.2, -0.15) is 13.2 Å². The van der Waals surface area contributed by atoms with E-state index in [1.54, 1.807) is 13.8 Å². The molecule has 0 radical (unpaired) electrons. The number of ether oxygens (including phenoxy) is 1. The van der Waals surface area contributed by atoms with Crippen molar-refractivity contribution in [3.05, 3.63) is 4.91 Å². The molecule has 104 valence electrons. The molecule has 0 rings (SSSR count). The van der Waals surface area contributed by atoms with Crippen LogP contribution in [-0.4, -0.2) is 30.3 Å². The molecule has 18 heavy (non-hydrogen) atoms. The molecule has 0 aromatic carbocycles. The first kappa shape index (κ1) is 16.3. The van der Waals surface area contributed by atoms with Crippen molar-refractivity contribution in [2.24, 2.45) is 5.18 Å². The minimum absolute atomic E-state index is 0.313. The number of nitrogens with one attached hydrogen (secondary N) is 1. The van der Waals surface area contributed by atoms with Crippen molar-refractivity contribution in [1.29, 1.82) is 0 Å². The van der Waals surface area contributed by atoms with E-state index in [0.29, 0.717) is 0 Å². The zero-order valence-electron chi connectivity index (χ0n) is 9.78. The molecule has 0 aliphatic heterocycles. The molecule has 0 bridgehead atoms. The highest BCUT2D eigenvalue weighted by atomic mass is 19.4. The topological polar surface area (TPSA) is 84.8 Å². The highest BCUT2D eigenvalue weighted by Gasteiger charge is 2.40. The van der Waals surface area contributed by atoms with Gasteiger partial charge < -0.3 is 10.1 Å². The van der Waals surface area contributed by atoms with Crippen LogP contribution >= 0.6 is 0 Å². The normalized spacial score (nSPS) is 13.0. The molecule has 6 nitrogen and oxygen atoms in total. The van der Waals surface area contributed by atoms with E-state index in [0.717, 1.165) is 0 Å². The summed E-state index contributed by atoms with van der Waals surface area (Å²) in [5, 5.41) is 3.67. The predicted molar refractivity (Wildman–Crippen MR) is 54.2 cm³/mol. The number of hydrogen-bond donors (Lipinski definition) is 1. The summed E-state index contributed by atoms with van der Waals surface area (Å²) >= 11 is 0. The van der Waals surface area contributed by atoms with Gasteiger partial charge in [0.1, 0.15) is 0 Å². The van der Waals surface area contributed by atoms with Crippen LogP contribution in [0.3, 0.4) is 0 Å². The molecule has 0 aromatic rings. The van der Waals surface area contributed by atoms with Crippen LogP contribution in [0.2, 0.25) is 0 Å². The minimum Gasteiger partial charge on any atom is -0.463 e. The SMILES string of the molecule is CC(C)OC(=O)CCC(N=O)NC(=O)C(F)(F)F. The lowest BCUT2D eigenvalue weighted by atomic mass is 10.2. The number of carbonyl (C=O) groups is 2. The molecule has 0 aromatic heterocycles. The monoisotopic (exact) mass is 270 g/mol. The van der Waals surface area contributed by atoms with Crippen LogP contribution in [0.15, 0.2) is 5.18 Å². The zero-order chi connectivity index (χ0) is 14.3. The molecule has 1 amide bonds. The maximum absolute atomic E-state index is 11.9. The van der Waals surface area contributed by atoms with Gasteiger partial charge in [-0.15, -0.1) is 4.91 Å². The third kappa shape index (κ3) is 6.81. The fraction of sp³-hybridized carbons (Fsp3) is 0.778. The Balaban J connectivity index is 4.17. The summed E-state index contributed by atoms with van der Waals surface area (Å²) in [6.07, 6.45) is -7.74. The third-order valence-corrected chi connectivity index (χ3v) is 1.67. The summed E-state index contributed by atoms with van der Waals surface area (Å²) in [5.74, 6) is -2.95. The second-order valence-corrected chi connectivity index (χ2v) is 3.67. The Kier molecular flexibility index (Phi) is 6.28. The number of rotatable bonds is 6. The van der Waals surface area contributed by atoms with Crippen LogP contribution in [-0.2, 0) is 14.3 Å². The molecule has 9 heteroatoms. The largest absolute Gasteiger partial charge is 0.471 e. The summed E-state index contributed by atoms with van der Waals surface area (Å²) in [5.41, 5.74) is 0. The van der Waals surface area contributed by atoms with E-state index in [2.05, 4.69) is 5.18 Å². The number of nitroso groups, excluding NO2 is 1. The van der Waals surface area contributed by atoms with Gasteiger partial charge in [0.15, 0.2) is 6.17 Å². The number of alkyl halides is 3. The van der Waals surface area contributed by atoms with E-state index in [1.807, 2.05) is 0 Å². The summed E-state index contributed by atoms with van der Waals surface area (Å²) in [7, 11) is 0. The summed E-state index contributed by atoms with van der Waals surface area (Å²) in [6.45, 7) is 3.19. The van der Waals surface area contributed by atoms with E-state index in [-0.39, 0.29) is 18.9 Å². The van der Waals surface area contributed by atoms with Crippen molar-refractivity contribution in [3.8, 4) is 0 Å². The van der Waals surface area contributed by atoms with Crippen molar-refractivity contribution >= 4 is 11.9 Å². The van der Waals surface area contributed by atoms with E-state index in [9.17, 15) is 27.7 Å². The quantitative estimate of drug-likeness (QED) is 0.585. The van der Waals surface area contributed by atoms with Gasteiger partial charge in [0.25, 0.3) is 0 Å². The van der Waals surface area contributed by atoms with Crippen LogP contribution in [0.1, 0.15) is 26.7 Å². The lowest BCUT2D eigenvalue weighted by Gasteiger charge is -2.13. The maximum atomic E-state index is 11.9. The second kappa shape index (κ2) is 6.92. The highest BCUT2D eigenvalue weighted by molar-refractivity contribution is 5.82. The van der Waals surface area contributed by atoms with Crippen molar-refractivity contribution in [2.45, 2.75) is 45.1 Å². The molecule has 1 atom stereocenters. The lowest BCUT2D eigenvalue weighted by Crippen LogP contribution is -2.42. The number of carbonyl (C=O) groups excluding carboxylic acids is 2. The molecule has 0 spiro atoms. The summed E-state index contributed by atoms with van der Waals surface area (Å²) in [6, 6.07) is 0. The fourth-order valence-corrected chi connectivity index (χ4v) is 0.961. The van der Waals surface area contributed by atoms with Crippen molar-refractivity contribution < 1.29 is 27.5 Å². The first-order valence-corrected chi connectivity index (χ1v) is 5.06. The molecule has 0 aliphatic rings. The molecule has 0 aliphatic carbocycles. The van der Waals surface area contributed by atoms with Gasteiger partial charge in [-0.05, 0) is 19.0 Å². The number of esters is 1. The molecule has 0 saturated carbocycles. The number of amides is 1. The number of hydrogen-bond acceptors (Lipinski definition) is 5. The van der Waals surface area contributed by atoms with Gasteiger partial charge in [-0.25, -0.2) is 0 Å². The molecule has 0 heterocycles. The average Bonchev–Trinajstić information content (AvgIpc) is 2.21. The molecule has 1 unspecified atom stereocenters.